The van der Waals surface area contributed by atoms with Crippen LogP contribution in [0.4, 0.5) is 11.5 Å². The lowest BCUT2D eigenvalue weighted by Gasteiger charge is -2.34. The van der Waals surface area contributed by atoms with E-state index in [9.17, 15) is 10.1 Å². The summed E-state index contributed by atoms with van der Waals surface area (Å²) in [5.41, 5.74) is 13.5. The first kappa shape index (κ1) is 22.6. The molecule has 1 aromatic heterocycles. The van der Waals surface area contributed by atoms with Crippen LogP contribution in [0.15, 0.2) is 35.4 Å². The SMILES string of the molecule is [C-]#[N+]c1c(N2CCOC(CN)C2)nc(SC(C(N)=O)c2ccccc2)c(C#N)c1CC. The topological polar surface area (TPSA) is 123 Å². The maximum Gasteiger partial charge on any atom is 0.235 e. The summed E-state index contributed by atoms with van der Waals surface area (Å²) in [5, 5.41) is 9.57. The Morgan fingerprint density at radius 1 is 1.48 bits per heavy atom. The third-order valence-corrected chi connectivity index (χ3v) is 6.35. The van der Waals surface area contributed by atoms with Crippen LogP contribution in [0.1, 0.15) is 28.9 Å². The van der Waals surface area contributed by atoms with Crippen LogP contribution in [0.2, 0.25) is 0 Å². The van der Waals surface area contributed by atoms with Gasteiger partial charge in [-0.05, 0) is 17.5 Å². The van der Waals surface area contributed by atoms with E-state index in [0.717, 1.165) is 17.3 Å². The van der Waals surface area contributed by atoms with Gasteiger partial charge in [0.25, 0.3) is 0 Å². The van der Waals surface area contributed by atoms with Crippen LogP contribution in [0.3, 0.4) is 0 Å². The van der Waals surface area contributed by atoms with Gasteiger partial charge in [-0.1, -0.05) is 49.0 Å². The molecule has 31 heavy (non-hydrogen) atoms. The fourth-order valence-corrected chi connectivity index (χ4v) is 4.61. The van der Waals surface area contributed by atoms with Crippen LogP contribution in [-0.2, 0) is 16.0 Å². The number of nitrogens with zero attached hydrogens (tertiary/aromatic N) is 4. The van der Waals surface area contributed by atoms with Gasteiger partial charge in [-0.3, -0.25) is 4.79 Å². The summed E-state index contributed by atoms with van der Waals surface area (Å²) < 4.78 is 5.65. The van der Waals surface area contributed by atoms with Crippen LogP contribution < -0.4 is 16.4 Å². The molecule has 0 spiro atoms. The molecule has 0 aliphatic carbocycles. The monoisotopic (exact) mass is 436 g/mol. The first-order chi connectivity index (χ1) is 15.0. The highest BCUT2D eigenvalue weighted by atomic mass is 32.2. The van der Waals surface area contributed by atoms with Crippen LogP contribution in [0.5, 0.6) is 0 Å². The molecule has 8 nitrogen and oxygen atoms in total. The highest BCUT2D eigenvalue weighted by Crippen LogP contribution is 2.42. The summed E-state index contributed by atoms with van der Waals surface area (Å²) in [5.74, 6) is -0.0308. The maximum absolute atomic E-state index is 12.3. The Bertz CT molecular complexity index is 1030. The summed E-state index contributed by atoms with van der Waals surface area (Å²) in [6.45, 7) is 11.5. The normalized spacial score (nSPS) is 16.9. The number of aromatic nitrogens is 1. The minimum Gasteiger partial charge on any atom is -0.373 e. The number of amides is 1. The Labute approximate surface area is 186 Å². The molecule has 2 heterocycles. The van der Waals surface area contributed by atoms with Crippen LogP contribution >= 0.6 is 11.8 Å². The smallest absolute Gasteiger partial charge is 0.235 e. The van der Waals surface area contributed by atoms with Gasteiger partial charge in [0.15, 0.2) is 0 Å². The summed E-state index contributed by atoms with van der Waals surface area (Å²) in [4.78, 5) is 22.6. The second-order valence-electron chi connectivity index (χ2n) is 7.01. The van der Waals surface area contributed by atoms with Gasteiger partial charge < -0.3 is 21.1 Å². The molecule has 0 bridgehead atoms. The maximum atomic E-state index is 12.3. The molecule has 2 atom stereocenters. The Morgan fingerprint density at radius 2 is 2.23 bits per heavy atom. The van der Waals surface area contributed by atoms with E-state index in [1.54, 1.807) is 0 Å². The van der Waals surface area contributed by atoms with E-state index in [0.29, 0.717) is 60.3 Å². The van der Waals surface area contributed by atoms with E-state index in [1.165, 1.54) is 0 Å². The molecule has 1 aliphatic rings. The van der Waals surface area contributed by atoms with Gasteiger partial charge in [-0.25, -0.2) is 9.83 Å². The molecule has 1 aliphatic heterocycles. The number of carbonyl (C=O) groups is 1. The molecule has 160 valence electrons. The van der Waals surface area contributed by atoms with Gasteiger partial charge in [-0.15, -0.1) is 0 Å². The van der Waals surface area contributed by atoms with E-state index in [1.807, 2.05) is 42.2 Å². The van der Waals surface area contributed by atoms with Gasteiger partial charge in [0.05, 0.1) is 24.8 Å². The van der Waals surface area contributed by atoms with Crippen molar-refractivity contribution in [3.63, 3.8) is 0 Å². The number of ether oxygens (including phenoxy) is 1. The number of hydrogen-bond acceptors (Lipinski definition) is 7. The molecule has 4 N–H and O–H groups in total. The number of hydrogen-bond donors (Lipinski definition) is 2. The number of nitriles is 1. The predicted molar refractivity (Wildman–Crippen MR) is 120 cm³/mol. The fourth-order valence-electron chi connectivity index (χ4n) is 3.55. The standard InChI is InChI=1S/C22H24N6O2S/c1-3-16-17(12-24)22(31-19(20(25)29)14-7-5-4-6-8-14)27-21(18(16)26-2)28-9-10-30-15(11-23)13-28/h4-8,15,19H,3,9-11,13,23H2,1H3,(H2,25,29). The number of primary amides is 1. The molecule has 0 saturated carbocycles. The molecule has 1 saturated heterocycles. The number of anilines is 1. The van der Waals surface area contributed by atoms with E-state index in [4.69, 9.17) is 27.8 Å². The summed E-state index contributed by atoms with van der Waals surface area (Å²) >= 11 is 1.14. The van der Waals surface area contributed by atoms with Crippen molar-refractivity contribution >= 4 is 29.2 Å². The number of rotatable bonds is 7. The fraction of sp³-hybridized carbons (Fsp3) is 0.364. The minimum atomic E-state index is -0.710. The molecule has 3 rings (SSSR count). The van der Waals surface area contributed by atoms with Crippen molar-refractivity contribution in [1.29, 1.82) is 5.26 Å². The number of nitrogens with two attached hydrogens (primary N) is 2. The molecule has 0 radical (unpaired) electrons. The highest BCUT2D eigenvalue weighted by Gasteiger charge is 2.29. The zero-order valence-electron chi connectivity index (χ0n) is 17.2. The first-order valence-electron chi connectivity index (χ1n) is 9.95. The largest absolute Gasteiger partial charge is 0.373 e. The number of pyridine rings is 1. The van der Waals surface area contributed by atoms with Gasteiger partial charge in [0.2, 0.25) is 11.6 Å². The lowest BCUT2D eigenvalue weighted by molar-refractivity contribution is -0.117. The Kier molecular flexibility index (Phi) is 7.48. The van der Waals surface area contributed by atoms with E-state index >= 15 is 0 Å². The van der Waals surface area contributed by atoms with Crippen LogP contribution in [0.25, 0.3) is 4.85 Å². The molecular formula is C22H24N6O2S. The zero-order chi connectivity index (χ0) is 22.4. The highest BCUT2D eigenvalue weighted by molar-refractivity contribution is 8.00. The van der Waals surface area contributed by atoms with Crippen molar-refractivity contribution in [3.05, 3.63) is 58.4 Å². The van der Waals surface area contributed by atoms with Gasteiger partial charge in [-0.2, -0.15) is 5.26 Å². The Morgan fingerprint density at radius 3 is 2.81 bits per heavy atom. The van der Waals surface area contributed by atoms with Crippen molar-refractivity contribution in [2.24, 2.45) is 11.5 Å². The van der Waals surface area contributed by atoms with E-state index in [2.05, 4.69) is 10.9 Å². The quantitative estimate of drug-likeness (QED) is 0.505. The van der Waals surface area contributed by atoms with E-state index in [-0.39, 0.29) is 6.10 Å². The minimum absolute atomic E-state index is 0.159. The second-order valence-corrected chi connectivity index (χ2v) is 8.10. The number of thioether (sulfide) groups is 1. The summed E-state index contributed by atoms with van der Waals surface area (Å²) in [6, 6.07) is 11.3. The number of benzene rings is 1. The van der Waals surface area contributed by atoms with Crippen molar-refractivity contribution in [1.82, 2.24) is 4.98 Å². The van der Waals surface area contributed by atoms with E-state index < -0.39 is 11.2 Å². The Hall–Kier alpha value is -3.11. The second kappa shape index (κ2) is 10.3. The lowest BCUT2D eigenvalue weighted by Crippen LogP contribution is -2.46. The molecule has 2 aromatic rings. The number of carbonyl (C=O) groups excluding carboxylic acids is 1. The Balaban J connectivity index is 2.12. The van der Waals surface area contributed by atoms with Crippen LogP contribution in [-0.4, -0.2) is 43.2 Å². The third kappa shape index (κ3) is 4.80. The van der Waals surface area contributed by atoms with Crippen molar-refractivity contribution < 1.29 is 9.53 Å². The predicted octanol–water partition coefficient (Wildman–Crippen LogP) is 2.55. The van der Waals surface area contributed by atoms with Crippen molar-refractivity contribution in [2.75, 3.05) is 31.1 Å². The van der Waals surface area contributed by atoms with Gasteiger partial charge in [0, 0.05) is 19.6 Å². The number of morpholine rings is 1. The first-order valence-corrected chi connectivity index (χ1v) is 10.8. The zero-order valence-corrected chi connectivity index (χ0v) is 18.1. The van der Waals surface area contributed by atoms with Gasteiger partial charge in [0.1, 0.15) is 22.2 Å². The summed E-state index contributed by atoms with van der Waals surface area (Å²) in [6.07, 6.45) is 0.328. The average Bonchev–Trinajstić information content (AvgIpc) is 2.81. The molecule has 9 heteroatoms. The molecule has 1 aromatic carbocycles. The van der Waals surface area contributed by atoms with Gasteiger partial charge >= 0.3 is 0 Å². The lowest BCUT2D eigenvalue weighted by atomic mass is 10.1. The molecule has 1 fully saturated rings. The van der Waals surface area contributed by atoms with Crippen LogP contribution in [0, 0.1) is 17.9 Å². The van der Waals surface area contributed by atoms with Crippen molar-refractivity contribution in [2.45, 2.75) is 29.7 Å². The third-order valence-electron chi connectivity index (χ3n) is 5.09. The molecule has 1 amide bonds. The summed E-state index contributed by atoms with van der Waals surface area (Å²) in [7, 11) is 0. The molecule has 2 unspecified atom stereocenters. The van der Waals surface area contributed by atoms with Crippen molar-refractivity contribution in [3.8, 4) is 6.07 Å². The average molecular weight is 437 g/mol. The molecular weight excluding hydrogens is 412 g/mol.